The standard InChI is InChI=1S/C11H11N3O4S2/c12-20(17,18)10-2-1-7(19-10)5-14-11(16)8-6-13-4-3-9(8)15/h1-4,6H,5H2,(H,13,15)(H,14,16)(H2,12,17,18). The number of H-pyrrole nitrogens is 1. The molecular formula is C11H11N3O4S2. The summed E-state index contributed by atoms with van der Waals surface area (Å²) in [5.74, 6) is -0.530. The lowest BCUT2D eigenvalue weighted by Gasteiger charge is -2.02. The number of aromatic nitrogens is 1. The van der Waals surface area contributed by atoms with Crippen LogP contribution in [0.5, 0.6) is 0 Å². The van der Waals surface area contributed by atoms with E-state index < -0.39 is 21.4 Å². The van der Waals surface area contributed by atoms with Crippen molar-refractivity contribution in [2.75, 3.05) is 0 Å². The minimum absolute atomic E-state index is 0.00396. The summed E-state index contributed by atoms with van der Waals surface area (Å²) in [5, 5.41) is 7.52. The van der Waals surface area contributed by atoms with Crippen molar-refractivity contribution in [3.8, 4) is 0 Å². The number of primary sulfonamides is 1. The summed E-state index contributed by atoms with van der Waals surface area (Å²) in [5.41, 5.74) is -0.395. The van der Waals surface area contributed by atoms with Crippen molar-refractivity contribution in [1.29, 1.82) is 0 Å². The molecule has 2 heterocycles. The predicted octanol–water partition coefficient (Wildman–Crippen LogP) is 0.0138. The Balaban J connectivity index is 2.06. The Hall–Kier alpha value is -1.97. The molecule has 0 bridgehead atoms. The molecule has 0 aliphatic carbocycles. The molecule has 2 aromatic heterocycles. The maximum atomic E-state index is 11.8. The van der Waals surface area contributed by atoms with Crippen LogP contribution in [0.4, 0.5) is 0 Å². The van der Waals surface area contributed by atoms with Crippen molar-refractivity contribution in [3.05, 3.63) is 51.3 Å². The Labute approximate surface area is 118 Å². The first-order valence-corrected chi connectivity index (χ1v) is 7.81. The van der Waals surface area contributed by atoms with Crippen LogP contribution in [0.25, 0.3) is 0 Å². The number of carbonyl (C=O) groups excluding carboxylic acids is 1. The normalized spacial score (nSPS) is 11.2. The summed E-state index contributed by atoms with van der Waals surface area (Å²) < 4.78 is 22.2. The van der Waals surface area contributed by atoms with Gasteiger partial charge in [-0.1, -0.05) is 0 Å². The van der Waals surface area contributed by atoms with E-state index in [1.165, 1.54) is 24.5 Å². The van der Waals surface area contributed by atoms with Crippen LogP contribution < -0.4 is 15.9 Å². The highest BCUT2D eigenvalue weighted by atomic mass is 32.2. The predicted molar refractivity (Wildman–Crippen MR) is 73.9 cm³/mol. The molecule has 0 aliphatic rings. The molecule has 4 N–H and O–H groups in total. The molecule has 9 heteroatoms. The van der Waals surface area contributed by atoms with Crippen LogP contribution >= 0.6 is 11.3 Å². The number of sulfonamides is 1. The molecule has 0 unspecified atom stereocenters. The van der Waals surface area contributed by atoms with E-state index in [-0.39, 0.29) is 16.3 Å². The zero-order chi connectivity index (χ0) is 14.8. The number of rotatable bonds is 4. The van der Waals surface area contributed by atoms with Gasteiger partial charge in [-0.25, -0.2) is 13.6 Å². The van der Waals surface area contributed by atoms with E-state index in [1.54, 1.807) is 6.07 Å². The molecule has 0 aromatic carbocycles. The van der Waals surface area contributed by atoms with Gasteiger partial charge in [0.05, 0.1) is 6.54 Å². The minimum Gasteiger partial charge on any atom is -0.367 e. The molecular weight excluding hydrogens is 302 g/mol. The van der Waals surface area contributed by atoms with E-state index in [1.807, 2.05) is 0 Å². The quantitative estimate of drug-likeness (QED) is 0.736. The summed E-state index contributed by atoms with van der Waals surface area (Å²) in [4.78, 5) is 26.5. The van der Waals surface area contributed by atoms with Crippen LogP contribution in [0, 0.1) is 0 Å². The second-order valence-corrected chi connectivity index (χ2v) is 6.83. The fraction of sp³-hybridized carbons (Fsp3) is 0.0909. The van der Waals surface area contributed by atoms with Crippen molar-refractivity contribution < 1.29 is 13.2 Å². The average molecular weight is 313 g/mol. The van der Waals surface area contributed by atoms with Gasteiger partial charge in [-0.3, -0.25) is 9.59 Å². The molecule has 20 heavy (non-hydrogen) atoms. The van der Waals surface area contributed by atoms with Crippen LogP contribution in [0.15, 0.2) is 39.6 Å². The number of aromatic amines is 1. The van der Waals surface area contributed by atoms with Crippen molar-refractivity contribution in [3.63, 3.8) is 0 Å². The van der Waals surface area contributed by atoms with Crippen LogP contribution in [0.1, 0.15) is 15.2 Å². The number of hydrogen-bond acceptors (Lipinski definition) is 5. The van der Waals surface area contributed by atoms with Crippen LogP contribution in [0.3, 0.4) is 0 Å². The van der Waals surface area contributed by atoms with E-state index in [4.69, 9.17) is 5.14 Å². The third kappa shape index (κ3) is 3.32. The SMILES string of the molecule is NS(=O)(=O)c1ccc(CNC(=O)c2c[nH]ccc2=O)s1. The van der Waals surface area contributed by atoms with Gasteiger partial charge in [-0.15, -0.1) is 11.3 Å². The zero-order valence-corrected chi connectivity index (χ0v) is 11.8. The summed E-state index contributed by atoms with van der Waals surface area (Å²) in [6, 6.07) is 4.18. The van der Waals surface area contributed by atoms with Gasteiger partial charge in [0.15, 0.2) is 5.43 Å². The molecule has 0 atom stereocenters. The highest BCUT2D eigenvalue weighted by Crippen LogP contribution is 2.19. The van der Waals surface area contributed by atoms with E-state index in [0.29, 0.717) is 4.88 Å². The van der Waals surface area contributed by atoms with Crippen LogP contribution in [-0.2, 0) is 16.6 Å². The Morgan fingerprint density at radius 1 is 1.35 bits per heavy atom. The molecule has 0 spiro atoms. The van der Waals surface area contributed by atoms with Crippen molar-refractivity contribution in [1.82, 2.24) is 10.3 Å². The highest BCUT2D eigenvalue weighted by molar-refractivity contribution is 7.91. The van der Waals surface area contributed by atoms with Gasteiger partial charge in [-0.2, -0.15) is 0 Å². The topological polar surface area (TPSA) is 122 Å². The van der Waals surface area contributed by atoms with Gasteiger partial charge >= 0.3 is 0 Å². The summed E-state index contributed by atoms with van der Waals surface area (Å²) >= 11 is 0.968. The third-order valence-electron chi connectivity index (χ3n) is 2.41. The number of hydrogen-bond donors (Lipinski definition) is 3. The van der Waals surface area contributed by atoms with E-state index in [9.17, 15) is 18.0 Å². The van der Waals surface area contributed by atoms with Gasteiger partial charge < -0.3 is 10.3 Å². The molecule has 0 aliphatic heterocycles. The number of nitrogens with one attached hydrogen (secondary N) is 2. The Kier molecular flexibility index (Phi) is 4.02. The minimum atomic E-state index is -3.73. The monoisotopic (exact) mass is 313 g/mol. The van der Waals surface area contributed by atoms with E-state index in [0.717, 1.165) is 11.3 Å². The maximum absolute atomic E-state index is 11.8. The van der Waals surface area contributed by atoms with Crippen molar-refractivity contribution in [2.45, 2.75) is 10.8 Å². The van der Waals surface area contributed by atoms with E-state index >= 15 is 0 Å². The van der Waals surface area contributed by atoms with Crippen molar-refractivity contribution in [2.24, 2.45) is 5.14 Å². The second-order valence-electron chi connectivity index (χ2n) is 3.87. The van der Waals surface area contributed by atoms with Gasteiger partial charge in [0.25, 0.3) is 5.91 Å². The van der Waals surface area contributed by atoms with Crippen LogP contribution in [-0.4, -0.2) is 19.3 Å². The first-order valence-electron chi connectivity index (χ1n) is 5.45. The fourth-order valence-corrected chi connectivity index (χ4v) is 3.18. The number of thiophene rings is 1. The van der Waals surface area contributed by atoms with Gasteiger partial charge in [0.1, 0.15) is 9.77 Å². The summed E-state index contributed by atoms with van der Waals surface area (Å²) in [6.07, 6.45) is 2.73. The van der Waals surface area contributed by atoms with Crippen molar-refractivity contribution >= 4 is 27.3 Å². The molecule has 2 rings (SSSR count). The maximum Gasteiger partial charge on any atom is 0.257 e. The molecule has 0 saturated heterocycles. The Bertz CT molecular complexity index is 792. The highest BCUT2D eigenvalue weighted by Gasteiger charge is 2.13. The zero-order valence-electron chi connectivity index (χ0n) is 10.1. The molecule has 1 amide bonds. The Morgan fingerprint density at radius 2 is 2.10 bits per heavy atom. The molecule has 0 fully saturated rings. The number of amides is 1. The molecule has 0 saturated carbocycles. The third-order valence-corrected chi connectivity index (χ3v) is 4.93. The smallest absolute Gasteiger partial charge is 0.257 e. The first-order chi connectivity index (χ1) is 9.38. The number of pyridine rings is 1. The average Bonchev–Trinajstić information content (AvgIpc) is 2.85. The Morgan fingerprint density at radius 3 is 2.70 bits per heavy atom. The van der Waals surface area contributed by atoms with Crippen LogP contribution in [0.2, 0.25) is 0 Å². The second kappa shape index (κ2) is 5.57. The molecule has 106 valence electrons. The van der Waals surface area contributed by atoms with Gasteiger partial charge in [-0.05, 0) is 12.1 Å². The summed E-state index contributed by atoms with van der Waals surface area (Å²) in [7, 11) is -3.73. The van der Waals surface area contributed by atoms with E-state index in [2.05, 4.69) is 10.3 Å². The lowest BCUT2D eigenvalue weighted by atomic mass is 10.2. The number of nitrogens with two attached hydrogens (primary N) is 1. The molecule has 2 aromatic rings. The van der Waals surface area contributed by atoms with Gasteiger partial charge in [0, 0.05) is 23.3 Å². The van der Waals surface area contributed by atoms with Gasteiger partial charge in [0.2, 0.25) is 10.0 Å². The largest absolute Gasteiger partial charge is 0.367 e. The molecule has 7 nitrogen and oxygen atoms in total. The first kappa shape index (κ1) is 14.4. The number of carbonyl (C=O) groups is 1. The lowest BCUT2D eigenvalue weighted by molar-refractivity contribution is 0.0950. The molecule has 0 radical (unpaired) electrons. The summed E-state index contributed by atoms with van der Waals surface area (Å²) in [6.45, 7) is 0.118. The fourth-order valence-electron chi connectivity index (χ4n) is 1.46. The lowest BCUT2D eigenvalue weighted by Crippen LogP contribution is -2.27.